The Hall–Kier alpha value is -2.06. The first-order valence-electron chi connectivity index (χ1n) is 8.66. The molecular formula is C20H22Br2N2O4. The second kappa shape index (κ2) is 10.5. The standard InChI is InChI=1S/C20H22Br2N2O4/c1-4-12(2)13-5-7-14(8-6-13)28-11-18(25)24-23-10-15-19(22)16(21)9-17(27-3)20(15)26/h5-10,12,26H,4,11H2,1-3H3,(H,24,25)/b23-10+. The summed E-state index contributed by atoms with van der Waals surface area (Å²) >= 11 is 6.71. The summed E-state index contributed by atoms with van der Waals surface area (Å²) in [6.45, 7) is 4.13. The quantitative estimate of drug-likeness (QED) is 0.386. The van der Waals surface area contributed by atoms with Crippen molar-refractivity contribution in [2.45, 2.75) is 26.2 Å². The Labute approximate surface area is 181 Å². The van der Waals surface area contributed by atoms with Gasteiger partial charge in [0.1, 0.15) is 5.75 Å². The van der Waals surface area contributed by atoms with E-state index in [0.717, 1.165) is 6.42 Å². The van der Waals surface area contributed by atoms with Gasteiger partial charge in [-0.1, -0.05) is 26.0 Å². The summed E-state index contributed by atoms with van der Waals surface area (Å²) < 4.78 is 11.8. The van der Waals surface area contributed by atoms with Crippen LogP contribution in [0.3, 0.4) is 0 Å². The molecule has 0 saturated carbocycles. The maximum absolute atomic E-state index is 11.9. The third kappa shape index (κ3) is 5.72. The van der Waals surface area contributed by atoms with Crippen molar-refractivity contribution in [3.8, 4) is 17.2 Å². The summed E-state index contributed by atoms with van der Waals surface area (Å²) in [6.07, 6.45) is 2.39. The normalized spacial score (nSPS) is 12.0. The lowest BCUT2D eigenvalue weighted by Crippen LogP contribution is -2.24. The number of methoxy groups -OCH3 is 1. The summed E-state index contributed by atoms with van der Waals surface area (Å²) in [6, 6.07) is 9.32. The number of rotatable bonds is 8. The number of hydrazone groups is 1. The molecule has 8 heteroatoms. The summed E-state index contributed by atoms with van der Waals surface area (Å²) in [5.74, 6) is 0.877. The van der Waals surface area contributed by atoms with Gasteiger partial charge in [0.2, 0.25) is 0 Å². The number of nitrogens with zero attached hydrogens (tertiary/aromatic N) is 1. The van der Waals surface area contributed by atoms with Crippen LogP contribution in [0.4, 0.5) is 0 Å². The highest BCUT2D eigenvalue weighted by Crippen LogP contribution is 2.39. The Kier molecular flexibility index (Phi) is 8.32. The van der Waals surface area contributed by atoms with Crippen LogP contribution in [0.1, 0.15) is 37.3 Å². The second-order valence-corrected chi connectivity index (χ2v) is 7.74. The molecule has 0 radical (unpaired) electrons. The molecule has 0 aliphatic rings. The number of benzene rings is 2. The van der Waals surface area contributed by atoms with Crippen molar-refractivity contribution >= 4 is 44.0 Å². The SMILES string of the molecule is CCC(C)c1ccc(OCC(=O)N/N=C/c2c(O)c(OC)cc(Br)c2Br)cc1. The number of aromatic hydroxyl groups is 1. The fourth-order valence-electron chi connectivity index (χ4n) is 2.36. The average Bonchev–Trinajstić information content (AvgIpc) is 2.71. The Balaban J connectivity index is 1.93. The number of hydrogen-bond acceptors (Lipinski definition) is 5. The van der Waals surface area contributed by atoms with Crippen molar-refractivity contribution in [1.82, 2.24) is 5.43 Å². The molecule has 150 valence electrons. The van der Waals surface area contributed by atoms with E-state index >= 15 is 0 Å². The van der Waals surface area contributed by atoms with Crippen molar-refractivity contribution in [2.75, 3.05) is 13.7 Å². The van der Waals surface area contributed by atoms with Gasteiger partial charge in [0.15, 0.2) is 18.1 Å². The van der Waals surface area contributed by atoms with E-state index in [0.29, 0.717) is 26.2 Å². The van der Waals surface area contributed by atoms with Crippen LogP contribution in [0.2, 0.25) is 0 Å². The zero-order valence-corrected chi connectivity index (χ0v) is 19.0. The fourth-order valence-corrected chi connectivity index (χ4v) is 3.19. The molecule has 0 bridgehead atoms. The van der Waals surface area contributed by atoms with Crippen LogP contribution in [-0.2, 0) is 4.79 Å². The molecule has 2 rings (SSSR count). The minimum Gasteiger partial charge on any atom is -0.504 e. The number of phenols is 1. The predicted octanol–water partition coefficient (Wildman–Crippen LogP) is 4.97. The summed E-state index contributed by atoms with van der Waals surface area (Å²) in [5, 5.41) is 14.1. The predicted molar refractivity (Wildman–Crippen MR) is 116 cm³/mol. The average molecular weight is 514 g/mol. The molecule has 1 atom stereocenters. The van der Waals surface area contributed by atoms with Crippen LogP contribution < -0.4 is 14.9 Å². The van der Waals surface area contributed by atoms with Gasteiger partial charge >= 0.3 is 0 Å². The van der Waals surface area contributed by atoms with E-state index in [1.54, 1.807) is 6.07 Å². The highest BCUT2D eigenvalue weighted by atomic mass is 79.9. The summed E-state index contributed by atoms with van der Waals surface area (Å²) in [5.41, 5.74) is 3.97. The van der Waals surface area contributed by atoms with Gasteiger partial charge in [0, 0.05) is 8.95 Å². The van der Waals surface area contributed by atoms with Crippen LogP contribution in [0.15, 0.2) is 44.4 Å². The van der Waals surface area contributed by atoms with E-state index in [1.807, 2.05) is 24.3 Å². The van der Waals surface area contributed by atoms with Gasteiger partial charge in [-0.05, 0) is 68.0 Å². The molecule has 6 nitrogen and oxygen atoms in total. The van der Waals surface area contributed by atoms with Crippen molar-refractivity contribution in [2.24, 2.45) is 5.10 Å². The lowest BCUT2D eigenvalue weighted by atomic mass is 9.99. The number of amides is 1. The van der Waals surface area contributed by atoms with Crippen molar-refractivity contribution in [3.63, 3.8) is 0 Å². The van der Waals surface area contributed by atoms with E-state index in [2.05, 4.69) is 56.2 Å². The van der Waals surface area contributed by atoms with E-state index in [1.165, 1.54) is 18.9 Å². The molecule has 0 aromatic heterocycles. The van der Waals surface area contributed by atoms with Gasteiger partial charge in [-0.25, -0.2) is 5.43 Å². The maximum Gasteiger partial charge on any atom is 0.277 e. The smallest absolute Gasteiger partial charge is 0.277 e. The molecular weight excluding hydrogens is 492 g/mol. The topological polar surface area (TPSA) is 80.2 Å². The summed E-state index contributed by atoms with van der Waals surface area (Å²) in [7, 11) is 1.45. The lowest BCUT2D eigenvalue weighted by molar-refractivity contribution is -0.123. The zero-order chi connectivity index (χ0) is 20.7. The number of halogens is 2. The number of hydrogen-bond donors (Lipinski definition) is 2. The van der Waals surface area contributed by atoms with Gasteiger partial charge in [-0.2, -0.15) is 5.10 Å². The van der Waals surface area contributed by atoms with Crippen LogP contribution >= 0.6 is 31.9 Å². The van der Waals surface area contributed by atoms with Crippen LogP contribution in [0.5, 0.6) is 17.2 Å². The molecule has 1 amide bonds. The number of carbonyl (C=O) groups is 1. The van der Waals surface area contributed by atoms with Gasteiger partial charge in [-0.15, -0.1) is 0 Å². The van der Waals surface area contributed by atoms with Gasteiger partial charge in [0.25, 0.3) is 5.91 Å². The largest absolute Gasteiger partial charge is 0.504 e. The first kappa shape index (κ1) is 22.2. The number of nitrogens with one attached hydrogen (secondary N) is 1. The maximum atomic E-state index is 11.9. The molecule has 0 spiro atoms. The minimum atomic E-state index is -0.417. The van der Waals surface area contributed by atoms with E-state index in [-0.39, 0.29) is 18.1 Å². The van der Waals surface area contributed by atoms with Crippen molar-refractivity contribution < 1.29 is 19.4 Å². The third-order valence-corrected chi connectivity index (χ3v) is 6.24. The van der Waals surface area contributed by atoms with E-state index < -0.39 is 5.91 Å². The van der Waals surface area contributed by atoms with E-state index in [4.69, 9.17) is 9.47 Å². The number of phenolic OH excluding ortho intramolecular Hbond substituents is 1. The second-order valence-electron chi connectivity index (χ2n) is 6.10. The summed E-state index contributed by atoms with van der Waals surface area (Å²) in [4.78, 5) is 11.9. The monoisotopic (exact) mass is 512 g/mol. The Bertz CT molecular complexity index is 854. The van der Waals surface area contributed by atoms with Crippen LogP contribution in [-0.4, -0.2) is 30.9 Å². The van der Waals surface area contributed by atoms with Crippen LogP contribution in [0.25, 0.3) is 0 Å². The minimum absolute atomic E-state index is 0.0896. The molecule has 0 aliphatic heterocycles. The number of carbonyl (C=O) groups excluding carboxylic acids is 1. The highest BCUT2D eigenvalue weighted by Gasteiger charge is 2.14. The molecule has 0 heterocycles. The lowest BCUT2D eigenvalue weighted by Gasteiger charge is -2.10. The van der Waals surface area contributed by atoms with Crippen LogP contribution in [0, 0.1) is 0 Å². The zero-order valence-electron chi connectivity index (χ0n) is 15.8. The van der Waals surface area contributed by atoms with Gasteiger partial charge < -0.3 is 14.6 Å². The molecule has 0 saturated heterocycles. The first-order valence-corrected chi connectivity index (χ1v) is 10.3. The van der Waals surface area contributed by atoms with Gasteiger partial charge in [0.05, 0.1) is 18.9 Å². The molecule has 2 aromatic rings. The Morgan fingerprint density at radius 3 is 2.61 bits per heavy atom. The number of ether oxygens (including phenoxy) is 2. The molecule has 1 unspecified atom stereocenters. The Morgan fingerprint density at radius 1 is 1.32 bits per heavy atom. The molecule has 2 aromatic carbocycles. The van der Waals surface area contributed by atoms with E-state index in [9.17, 15) is 9.90 Å². The molecule has 0 fully saturated rings. The Morgan fingerprint density at radius 2 is 2.00 bits per heavy atom. The fraction of sp³-hybridized carbons (Fsp3) is 0.300. The third-order valence-electron chi connectivity index (χ3n) is 4.23. The van der Waals surface area contributed by atoms with Gasteiger partial charge in [-0.3, -0.25) is 4.79 Å². The molecule has 0 aliphatic carbocycles. The van der Waals surface area contributed by atoms with Crippen molar-refractivity contribution in [3.05, 3.63) is 50.4 Å². The highest BCUT2D eigenvalue weighted by molar-refractivity contribution is 9.13. The molecule has 2 N–H and O–H groups in total. The van der Waals surface area contributed by atoms with Crippen molar-refractivity contribution in [1.29, 1.82) is 0 Å². The molecule has 28 heavy (non-hydrogen) atoms. The first-order chi connectivity index (χ1) is 13.4.